The van der Waals surface area contributed by atoms with E-state index in [0.29, 0.717) is 12.0 Å². The predicted molar refractivity (Wildman–Crippen MR) is 97.0 cm³/mol. The molecule has 1 amide bonds. The third-order valence-corrected chi connectivity index (χ3v) is 5.60. The molecule has 1 aromatic heterocycles. The summed E-state index contributed by atoms with van der Waals surface area (Å²) in [5.74, 6) is 0.158. The van der Waals surface area contributed by atoms with Gasteiger partial charge in [-0.1, -0.05) is 12.1 Å². The fraction of sp³-hybridized carbons (Fsp3) is 0.526. The van der Waals surface area contributed by atoms with Gasteiger partial charge in [-0.15, -0.1) is 0 Å². The van der Waals surface area contributed by atoms with Crippen LogP contribution in [0.25, 0.3) is 11.0 Å². The van der Waals surface area contributed by atoms with Crippen LogP contribution in [0.3, 0.4) is 0 Å². The Morgan fingerprint density at radius 1 is 1.28 bits per heavy atom. The van der Waals surface area contributed by atoms with Gasteiger partial charge in [0, 0.05) is 13.6 Å². The standard InChI is InChI=1S/C19H25N5O/c1-24(12-14-11-21-15-4-2-3-5-16(15)23-14)18(25)17-10-19(13-22-17)6-8-20-9-7-19/h2-5,11,17,20,22H,6-10,12-13H2,1H3. The van der Waals surface area contributed by atoms with Gasteiger partial charge in [-0.25, -0.2) is 4.98 Å². The van der Waals surface area contributed by atoms with Gasteiger partial charge < -0.3 is 15.5 Å². The third-order valence-electron chi connectivity index (χ3n) is 5.60. The molecule has 2 aliphatic heterocycles. The van der Waals surface area contributed by atoms with E-state index in [0.717, 1.165) is 55.6 Å². The van der Waals surface area contributed by atoms with Crippen LogP contribution in [0.1, 0.15) is 25.0 Å². The van der Waals surface area contributed by atoms with E-state index in [1.165, 1.54) is 0 Å². The van der Waals surface area contributed by atoms with Gasteiger partial charge in [0.15, 0.2) is 0 Å². The van der Waals surface area contributed by atoms with Crippen LogP contribution in [0.4, 0.5) is 0 Å². The molecule has 0 bridgehead atoms. The Bertz CT molecular complexity index is 771. The first-order valence-electron chi connectivity index (χ1n) is 9.05. The van der Waals surface area contributed by atoms with E-state index < -0.39 is 0 Å². The molecule has 1 spiro atoms. The van der Waals surface area contributed by atoms with Crippen LogP contribution in [0.2, 0.25) is 0 Å². The second kappa shape index (κ2) is 6.69. The Balaban J connectivity index is 1.41. The number of piperidine rings is 1. The molecule has 0 radical (unpaired) electrons. The monoisotopic (exact) mass is 339 g/mol. The Morgan fingerprint density at radius 2 is 2.04 bits per heavy atom. The maximum Gasteiger partial charge on any atom is 0.239 e. The number of aromatic nitrogens is 2. The zero-order chi connectivity index (χ0) is 17.3. The van der Waals surface area contributed by atoms with E-state index in [4.69, 9.17) is 0 Å². The average Bonchev–Trinajstić information content (AvgIpc) is 3.05. The highest BCUT2D eigenvalue weighted by atomic mass is 16.2. The highest BCUT2D eigenvalue weighted by Gasteiger charge is 2.42. The molecule has 0 aliphatic carbocycles. The number of nitrogens with one attached hydrogen (secondary N) is 2. The molecule has 25 heavy (non-hydrogen) atoms. The molecule has 4 rings (SSSR count). The zero-order valence-electron chi connectivity index (χ0n) is 14.7. The molecule has 1 atom stereocenters. The maximum atomic E-state index is 12.8. The van der Waals surface area contributed by atoms with Gasteiger partial charge >= 0.3 is 0 Å². The first kappa shape index (κ1) is 16.4. The van der Waals surface area contributed by atoms with Gasteiger partial charge in [-0.05, 0) is 49.9 Å². The predicted octanol–water partition coefficient (Wildman–Crippen LogP) is 1.32. The van der Waals surface area contributed by atoms with Crippen LogP contribution in [-0.4, -0.2) is 53.5 Å². The van der Waals surface area contributed by atoms with Crippen molar-refractivity contribution in [2.45, 2.75) is 31.8 Å². The summed E-state index contributed by atoms with van der Waals surface area (Å²) in [6, 6.07) is 7.73. The lowest BCUT2D eigenvalue weighted by Gasteiger charge is -2.33. The molecule has 1 aromatic carbocycles. The number of nitrogens with zero attached hydrogens (tertiary/aromatic N) is 3. The summed E-state index contributed by atoms with van der Waals surface area (Å²) in [7, 11) is 1.86. The SMILES string of the molecule is CN(Cc1cnc2ccccc2n1)C(=O)C1CC2(CCNCC2)CN1. The lowest BCUT2D eigenvalue weighted by Crippen LogP contribution is -2.41. The van der Waals surface area contributed by atoms with Crippen LogP contribution in [0.5, 0.6) is 0 Å². The quantitative estimate of drug-likeness (QED) is 0.883. The normalized spacial score (nSPS) is 22.4. The molecule has 2 aliphatic rings. The van der Waals surface area contributed by atoms with Crippen molar-refractivity contribution in [3.63, 3.8) is 0 Å². The van der Waals surface area contributed by atoms with Gasteiger partial charge in [0.05, 0.1) is 35.5 Å². The summed E-state index contributed by atoms with van der Waals surface area (Å²) in [6.07, 6.45) is 5.02. The van der Waals surface area contributed by atoms with Crippen molar-refractivity contribution in [2.75, 3.05) is 26.7 Å². The summed E-state index contributed by atoms with van der Waals surface area (Å²) < 4.78 is 0. The number of benzene rings is 1. The number of rotatable bonds is 3. The molecule has 6 nitrogen and oxygen atoms in total. The number of amides is 1. The van der Waals surface area contributed by atoms with Crippen molar-refractivity contribution in [3.05, 3.63) is 36.2 Å². The van der Waals surface area contributed by atoms with Gasteiger partial charge in [-0.3, -0.25) is 9.78 Å². The van der Waals surface area contributed by atoms with Crippen molar-refractivity contribution >= 4 is 16.9 Å². The minimum Gasteiger partial charge on any atom is -0.338 e. The second-order valence-electron chi connectivity index (χ2n) is 7.43. The van der Waals surface area contributed by atoms with Crippen LogP contribution >= 0.6 is 0 Å². The molecule has 0 saturated carbocycles. The Hall–Kier alpha value is -2.05. The van der Waals surface area contributed by atoms with Crippen molar-refractivity contribution in [1.82, 2.24) is 25.5 Å². The zero-order valence-corrected chi connectivity index (χ0v) is 14.7. The van der Waals surface area contributed by atoms with E-state index in [1.807, 2.05) is 31.3 Å². The lowest BCUT2D eigenvalue weighted by molar-refractivity contribution is -0.132. The van der Waals surface area contributed by atoms with Crippen LogP contribution in [-0.2, 0) is 11.3 Å². The molecule has 2 N–H and O–H groups in total. The maximum absolute atomic E-state index is 12.8. The number of fused-ring (bicyclic) bond motifs is 1. The number of hydrogen-bond donors (Lipinski definition) is 2. The minimum atomic E-state index is -0.0727. The lowest BCUT2D eigenvalue weighted by atomic mass is 9.77. The van der Waals surface area contributed by atoms with Crippen LogP contribution < -0.4 is 10.6 Å². The first-order valence-corrected chi connectivity index (χ1v) is 9.05. The highest BCUT2D eigenvalue weighted by Crippen LogP contribution is 2.37. The third kappa shape index (κ3) is 3.37. The van der Waals surface area contributed by atoms with Crippen LogP contribution in [0.15, 0.2) is 30.5 Å². The summed E-state index contributed by atoms with van der Waals surface area (Å²) in [4.78, 5) is 23.7. The molecule has 2 aromatic rings. The van der Waals surface area contributed by atoms with E-state index in [2.05, 4.69) is 20.6 Å². The molecular formula is C19H25N5O. The number of hydrogen-bond acceptors (Lipinski definition) is 5. The van der Waals surface area contributed by atoms with Gasteiger partial charge in [0.25, 0.3) is 0 Å². The molecule has 2 fully saturated rings. The summed E-state index contributed by atoms with van der Waals surface area (Å²) in [6.45, 7) is 3.56. The Labute approximate surface area is 148 Å². The molecule has 132 valence electrons. The number of likely N-dealkylation sites (N-methyl/N-ethyl adjacent to an activating group) is 1. The molecular weight excluding hydrogens is 314 g/mol. The van der Waals surface area contributed by atoms with E-state index in [9.17, 15) is 4.79 Å². The molecule has 2 saturated heterocycles. The van der Waals surface area contributed by atoms with E-state index >= 15 is 0 Å². The molecule has 3 heterocycles. The summed E-state index contributed by atoms with van der Waals surface area (Å²) in [5, 5.41) is 6.87. The highest BCUT2D eigenvalue weighted by molar-refractivity contribution is 5.82. The summed E-state index contributed by atoms with van der Waals surface area (Å²) in [5.41, 5.74) is 2.87. The molecule has 1 unspecified atom stereocenters. The van der Waals surface area contributed by atoms with Gasteiger partial charge in [0.1, 0.15) is 0 Å². The number of para-hydroxylation sites is 2. The van der Waals surface area contributed by atoms with Gasteiger partial charge in [0.2, 0.25) is 5.91 Å². The van der Waals surface area contributed by atoms with Gasteiger partial charge in [-0.2, -0.15) is 0 Å². The topological polar surface area (TPSA) is 70.2 Å². The summed E-state index contributed by atoms with van der Waals surface area (Å²) >= 11 is 0. The van der Waals surface area contributed by atoms with Crippen LogP contribution in [0, 0.1) is 5.41 Å². The first-order chi connectivity index (χ1) is 12.2. The minimum absolute atomic E-state index is 0.0727. The van der Waals surface area contributed by atoms with Crippen molar-refractivity contribution in [3.8, 4) is 0 Å². The van der Waals surface area contributed by atoms with Crippen molar-refractivity contribution in [1.29, 1.82) is 0 Å². The number of carbonyl (C=O) groups excluding carboxylic acids is 1. The van der Waals surface area contributed by atoms with E-state index in [-0.39, 0.29) is 11.9 Å². The second-order valence-corrected chi connectivity index (χ2v) is 7.43. The molecule has 6 heteroatoms. The van der Waals surface area contributed by atoms with E-state index in [1.54, 1.807) is 11.1 Å². The Morgan fingerprint density at radius 3 is 2.84 bits per heavy atom. The Kier molecular flexibility index (Phi) is 4.39. The fourth-order valence-electron chi connectivity index (χ4n) is 4.09. The van der Waals surface area contributed by atoms with Crippen molar-refractivity contribution in [2.24, 2.45) is 5.41 Å². The smallest absolute Gasteiger partial charge is 0.239 e. The average molecular weight is 339 g/mol. The fourth-order valence-corrected chi connectivity index (χ4v) is 4.09. The number of carbonyl (C=O) groups is 1. The van der Waals surface area contributed by atoms with Crippen molar-refractivity contribution < 1.29 is 4.79 Å². The largest absolute Gasteiger partial charge is 0.338 e.